The van der Waals surface area contributed by atoms with Crippen molar-refractivity contribution in [2.24, 2.45) is 0 Å². The third-order valence-electron chi connectivity index (χ3n) is 3.44. The molecular weight excluding hydrogens is 254 g/mol. The Labute approximate surface area is 117 Å². The van der Waals surface area contributed by atoms with Crippen molar-refractivity contribution in [3.8, 4) is 0 Å². The Bertz CT molecular complexity index is 437. The second kappa shape index (κ2) is 6.35. The van der Waals surface area contributed by atoms with E-state index in [0.29, 0.717) is 0 Å². The summed E-state index contributed by atoms with van der Waals surface area (Å²) in [5.41, 5.74) is 2.18. The number of amides is 1. The highest BCUT2D eigenvalue weighted by Crippen LogP contribution is 2.13. The van der Waals surface area contributed by atoms with Crippen molar-refractivity contribution in [1.29, 1.82) is 0 Å². The topological polar surface area (TPSA) is 49.3 Å². The molecule has 3 nitrogen and oxygen atoms in total. The Balaban J connectivity index is 3.13. The van der Waals surface area contributed by atoms with Crippen molar-refractivity contribution >= 4 is 19.4 Å². The quantitative estimate of drug-likeness (QED) is 0.809. The van der Waals surface area contributed by atoms with Crippen LogP contribution < -0.4 is 10.5 Å². The molecular formula is C15H25NO2Si. The van der Waals surface area contributed by atoms with Gasteiger partial charge in [0.15, 0.2) is 0 Å². The number of rotatable bonds is 5. The van der Waals surface area contributed by atoms with Crippen LogP contribution in [0.2, 0.25) is 6.55 Å². The second-order valence-corrected chi connectivity index (χ2v) is 9.14. The first-order chi connectivity index (χ1) is 8.77. The maximum atomic E-state index is 11.3. The molecule has 1 aromatic rings. The number of aryl methyl sites for hydroxylation is 2. The molecule has 0 aliphatic heterocycles. The largest absolute Gasteiger partial charge is 0.426 e. The summed E-state index contributed by atoms with van der Waals surface area (Å²) in [6.45, 7) is 9.56. The highest BCUT2D eigenvalue weighted by molar-refractivity contribution is 6.85. The first-order valence-electron chi connectivity index (χ1n) is 6.85. The van der Waals surface area contributed by atoms with Gasteiger partial charge in [0.2, 0.25) is 14.2 Å². The third-order valence-corrected chi connectivity index (χ3v) is 6.69. The average Bonchev–Trinajstić information content (AvgIpc) is 2.26. The molecule has 0 saturated heterocycles. The molecule has 0 bridgehead atoms. The maximum Gasteiger partial charge on any atom is 0.239 e. The third kappa shape index (κ3) is 4.18. The Morgan fingerprint density at radius 1 is 1.32 bits per heavy atom. The van der Waals surface area contributed by atoms with E-state index in [-0.39, 0.29) is 11.6 Å². The molecule has 4 heteroatoms. The van der Waals surface area contributed by atoms with Gasteiger partial charge in [-0.2, -0.15) is 0 Å². The molecule has 2 N–H and O–H groups in total. The van der Waals surface area contributed by atoms with Crippen molar-refractivity contribution < 1.29 is 9.59 Å². The van der Waals surface area contributed by atoms with Crippen LogP contribution in [0.25, 0.3) is 0 Å². The van der Waals surface area contributed by atoms with Crippen LogP contribution in [0.1, 0.15) is 37.8 Å². The van der Waals surface area contributed by atoms with Crippen molar-refractivity contribution in [3.63, 3.8) is 0 Å². The van der Waals surface area contributed by atoms with E-state index in [1.165, 1.54) is 6.92 Å². The van der Waals surface area contributed by atoms with Crippen molar-refractivity contribution in [2.45, 2.75) is 52.7 Å². The SMILES string of the molecule is CCC[C@H](NC(C)=O)[Si](C)(O)c1cc(C)cc(C)c1. The summed E-state index contributed by atoms with van der Waals surface area (Å²) in [5.74, 6) is -0.0735. The van der Waals surface area contributed by atoms with Crippen LogP contribution in [-0.2, 0) is 4.79 Å². The fourth-order valence-corrected chi connectivity index (χ4v) is 5.27. The van der Waals surface area contributed by atoms with Gasteiger partial charge in [-0.15, -0.1) is 0 Å². The van der Waals surface area contributed by atoms with Gasteiger partial charge >= 0.3 is 0 Å². The maximum absolute atomic E-state index is 11.3. The first-order valence-corrected chi connectivity index (χ1v) is 9.38. The molecule has 0 aliphatic carbocycles. The molecule has 2 atom stereocenters. The van der Waals surface area contributed by atoms with Gasteiger partial charge in [-0.1, -0.05) is 42.7 Å². The molecule has 0 spiro atoms. The van der Waals surface area contributed by atoms with Gasteiger partial charge in [-0.3, -0.25) is 4.79 Å². The molecule has 0 aliphatic rings. The van der Waals surface area contributed by atoms with Crippen LogP contribution in [0.5, 0.6) is 0 Å². The van der Waals surface area contributed by atoms with Gasteiger partial charge in [0, 0.05) is 6.92 Å². The Hall–Kier alpha value is -1.13. The monoisotopic (exact) mass is 279 g/mol. The number of carbonyl (C=O) groups excluding carboxylic acids is 1. The lowest BCUT2D eigenvalue weighted by Gasteiger charge is -2.31. The molecule has 106 valence electrons. The van der Waals surface area contributed by atoms with Crippen LogP contribution in [0, 0.1) is 13.8 Å². The van der Waals surface area contributed by atoms with Gasteiger partial charge in [-0.25, -0.2) is 0 Å². The summed E-state index contributed by atoms with van der Waals surface area (Å²) in [6, 6.07) is 6.19. The molecule has 0 saturated carbocycles. The lowest BCUT2D eigenvalue weighted by molar-refractivity contribution is -0.119. The van der Waals surface area contributed by atoms with Crippen LogP contribution in [0.4, 0.5) is 0 Å². The average molecular weight is 279 g/mol. The van der Waals surface area contributed by atoms with Gasteiger partial charge in [0.25, 0.3) is 0 Å². The van der Waals surface area contributed by atoms with Crippen molar-refractivity contribution in [3.05, 3.63) is 29.3 Å². The predicted molar refractivity (Wildman–Crippen MR) is 81.9 cm³/mol. The zero-order chi connectivity index (χ0) is 14.6. The summed E-state index contributed by atoms with van der Waals surface area (Å²) in [6.07, 6.45) is 1.75. The minimum absolute atomic E-state index is 0.0735. The summed E-state index contributed by atoms with van der Waals surface area (Å²) in [4.78, 5) is 22.3. The standard InChI is InChI=1S/C15H25NO2Si/c1-6-7-15(16-13(4)17)19(5,18)14-9-11(2)8-12(3)10-14/h8-10,15,18H,6-7H2,1-5H3,(H,16,17)/t15-,19?/m1/s1. The molecule has 0 heterocycles. The number of nitrogens with one attached hydrogen (secondary N) is 1. The fraction of sp³-hybridized carbons (Fsp3) is 0.533. The lowest BCUT2D eigenvalue weighted by atomic mass is 10.2. The smallest absolute Gasteiger partial charge is 0.239 e. The number of benzene rings is 1. The minimum Gasteiger partial charge on any atom is -0.426 e. The van der Waals surface area contributed by atoms with E-state index in [1.807, 2.05) is 32.5 Å². The molecule has 1 rings (SSSR count). The van der Waals surface area contributed by atoms with Gasteiger partial charge < -0.3 is 10.1 Å². The molecule has 1 amide bonds. The summed E-state index contributed by atoms with van der Waals surface area (Å²) >= 11 is 0. The number of hydrogen-bond donors (Lipinski definition) is 2. The lowest BCUT2D eigenvalue weighted by Crippen LogP contribution is -2.62. The Kier molecular flexibility index (Phi) is 5.32. The van der Waals surface area contributed by atoms with E-state index in [9.17, 15) is 9.59 Å². The summed E-state index contributed by atoms with van der Waals surface area (Å²) in [7, 11) is -2.69. The molecule has 19 heavy (non-hydrogen) atoms. The Morgan fingerprint density at radius 2 is 1.84 bits per heavy atom. The van der Waals surface area contributed by atoms with E-state index in [2.05, 4.69) is 18.3 Å². The van der Waals surface area contributed by atoms with Gasteiger partial charge in [0.1, 0.15) is 0 Å². The minimum atomic E-state index is -2.69. The highest BCUT2D eigenvalue weighted by Gasteiger charge is 2.37. The van der Waals surface area contributed by atoms with Crippen LogP contribution in [0.15, 0.2) is 18.2 Å². The molecule has 0 radical (unpaired) electrons. The van der Waals surface area contributed by atoms with Crippen LogP contribution in [-0.4, -0.2) is 24.7 Å². The second-order valence-electron chi connectivity index (χ2n) is 5.57. The van der Waals surface area contributed by atoms with Crippen LogP contribution in [0.3, 0.4) is 0 Å². The van der Waals surface area contributed by atoms with Gasteiger partial charge in [0.05, 0.1) is 5.67 Å². The van der Waals surface area contributed by atoms with Crippen LogP contribution >= 0.6 is 0 Å². The molecule has 0 aromatic heterocycles. The fourth-order valence-electron chi connectivity index (χ4n) is 2.50. The van der Waals surface area contributed by atoms with E-state index >= 15 is 0 Å². The van der Waals surface area contributed by atoms with Crippen molar-refractivity contribution in [2.75, 3.05) is 0 Å². The molecule has 0 fully saturated rings. The van der Waals surface area contributed by atoms with E-state index in [1.54, 1.807) is 0 Å². The molecule has 1 unspecified atom stereocenters. The van der Waals surface area contributed by atoms with Crippen molar-refractivity contribution in [1.82, 2.24) is 5.32 Å². The number of hydrogen-bond acceptors (Lipinski definition) is 2. The predicted octanol–water partition coefficient (Wildman–Crippen LogP) is 1.92. The van der Waals surface area contributed by atoms with Gasteiger partial charge in [-0.05, 0) is 32.0 Å². The zero-order valence-corrected chi connectivity index (χ0v) is 13.6. The first kappa shape index (κ1) is 15.9. The number of carbonyl (C=O) groups is 1. The van der Waals surface area contributed by atoms with E-state index in [4.69, 9.17) is 0 Å². The Morgan fingerprint density at radius 3 is 2.26 bits per heavy atom. The highest BCUT2D eigenvalue weighted by atomic mass is 28.4. The summed E-state index contributed by atoms with van der Waals surface area (Å²) < 4.78 is 0. The van der Waals surface area contributed by atoms with E-state index < -0.39 is 8.32 Å². The van der Waals surface area contributed by atoms with E-state index in [0.717, 1.165) is 29.2 Å². The normalized spacial score (nSPS) is 15.7. The zero-order valence-electron chi connectivity index (χ0n) is 12.6. The molecule has 1 aromatic carbocycles. The summed E-state index contributed by atoms with van der Waals surface area (Å²) in [5, 5.41) is 3.93.